The van der Waals surface area contributed by atoms with Gasteiger partial charge in [0.25, 0.3) is 0 Å². The fraction of sp³-hybridized carbons (Fsp3) is 0.250. The van der Waals surface area contributed by atoms with Gasteiger partial charge in [0.2, 0.25) is 0 Å². The fourth-order valence-corrected chi connectivity index (χ4v) is 2.64. The number of carboxylic acid groups (broad SMARTS) is 1. The van der Waals surface area contributed by atoms with Crippen molar-refractivity contribution in [3.8, 4) is 5.75 Å². The summed E-state index contributed by atoms with van der Waals surface area (Å²) in [4.78, 5) is 11.7. The maximum absolute atomic E-state index is 11.7. The molecule has 0 spiro atoms. The molecule has 0 bridgehead atoms. The van der Waals surface area contributed by atoms with Gasteiger partial charge in [-0.25, -0.2) is 4.79 Å². The van der Waals surface area contributed by atoms with Crippen LogP contribution < -0.4 is 4.74 Å². The average molecular weight is 345 g/mol. The summed E-state index contributed by atoms with van der Waals surface area (Å²) in [5.74, 6) is -0.380. The van der Waals surface area contributed by atoms with E-state index < -0.39 is 5.97 Å². The second kappa shape index (κ2) is 7.54. The zero-order chi connectivity index (χ0) is 17.9. The Bertz CT molecular complexity index is 791. The normalized spacial score (nSPS) is 11.7. The van der Waals surface area contributed by atoms with Gasteiger partial charge in [-0.05, 0) is 62.6 Å². The molecule has 3 nitrogen and oxygen atoms in total. The number of carbonyl (C=O) groups is 1. The van der Waals surface area contributed by atoms with Gasteiger partial charge in [-0.3, -0.25) is 0 Å². The van der Waals surface area contributed by atoms with E-state index in [4.69, 9.17) is 16.3 Å². The molecule has 1 N–H and O–H groups in total. The molecule has 0 aromatic heterocycles. The Labute approximate surface area is 147 Å². The van der Waals surface area contributed by atoms with E-state index in [-0.39, 0.29) is 11.7 Å². The minimum absolute atomic E-state index is 0.0217. The van der Waals surface area contributed by atoms with Crippen molar-refractivity contribution in [1.82, 2.24) is 0 Å². The molecule has 126 valence electrons. The van der Waals surface area contributed by atoms with Crippen LogP contribution in [-0.2, 0) is 4.79 Å². The van der Waals surface area contributed by atoms with E-state index in [1.54, 1.807) is 24.3 Å². The van der Waals surface area contributed by atoms with Crippen molar-refractivity contribution in [2.24, 2.45) is 0 Å². The monoisotopic (exact) mass is 344 g/mol. The van der Waals surface area contributed by atoms with E-state index in [1.165, 1.54) is 0 Å². The van der Waals surface area contributed by atoms with E-state index in [9.17, 15) is 9.90 Å². The van der Waals surface area contributed by atoms with Crippen molar-refractivity contribution >= 4 is 29.2 Å². The summed E-state index contributed by atoms with van der Waals surface area (Å²) in [7, 11) is 0. The van der Waals surface area contributed by atoms with Crippen molar-refractivity contribution in [2.75, 3.05) is 0 Å². The molecule has 24 heavy (non-hydrogen) atoms. The van der Waals surface area contributed by atoms with Gasteiger partial charge in [0, 0.05) is 0 Å². The predicted molar refractivity (Wildman–Crippen MR) is 98.6 cm³/mol. The third kappa shape index (κ3) is 4.39. The lowest BCUT2D eigenvalue weighted by Crippen LogP contribution is -2.06. The molecule has 0 atom stereocenters. The second-order valence-electron chi connectivity index (χ2n) is 6.04. The van der Waals surface area contributed by atoms with Gasteiger partial charge in [-0.15, -0.1) is 0 Å². The highest BCUT2D eigenvalue weighted by atomic mass is 35.5. The number of benzene rings is 2. The first-order chi connectivity index (χ1) is 11.3. The summed E-state index contributed by atoms with van der Waals surface area (Å²) < 4.78 is 5.60. The lowest BCUT2D eigenvalue weighted by Gasteiger charge is -2.12. The maximum Gasteiger partial charge on any atom is 0.336 e. The van der Waals surface area contributed by atoms with Gasteiger partial charge in [0.1, 0.15) is 5.75 Å². The SMILES string of the molecule is Cc1ccc(C)c(/C(=C/c2ccc(OC(C)C)c(Cl)c2)C(=O)O)c1. The number of halogens is 1. The van der Waals surface area contributed by atoms with Crippen LogP contribution in [0.15, 0.2) is 36.4 Å². The standard InChI is InChI=1S/C20H21ClO3/c1-12(2)24-19-8-7-15(11-18(19)21)10-17(20(22)23)16-9-13(3)5-6-14(16)4/h5-12H,1-4H3,(H,22,23)/b17-10-. The molecule has 0 saturated heterocycles. The van der Waals surface area contributed by atoms with Crippen LogP contribution in [0, 0.1) is 13.8 Å². The molecule has 2 rings (SSSR count). The smallest absolute Gasteiger partial charge is 0.336 e. The van der Waals surface area contributed by atoms with Crippen LogP contribution >= 0.6 is 11.6 Å². The van der Waals surface area contributed by atoms with Crippen LogP contribution in [-0.4, -0.2) is 17.2 Å². The largest absolute Gasteiger partial charge is 0.489 e. The van der Waals surface area contributed by atoms with Gasteiger partial charge in [-0.1, -0.05) is 41.4 Å². The molecular formula is C20H21ClO3. The average Bonchev–Trinajstić information content (AvgIpc) is 2.49. The third-order valence-electron chi connectivity index (χ3n) is 3.54. The first-order valence-electron chi connectivity index (χ1n) is 7.76. The maximum atomic E-state index is 11.7. The van der Waals surface area contributed by atoms with Crippen LogP contribution in [0.5, 0.6) is 5.75 Å². The van der Waals surface area contributed by atoms with E-state index in [0.29, 0.717) is 16.3 Å². The summed E-state index contributed by atoms with van der Waals surface area (Å²) in [5, 5.41) is 10.1. The van der Waals surface area contributed by atoms with Gasteiger partial charge >= 0.3 is 5.97 Å². The summed E-state index contributed by atoms with van der Waals surface area (Å²) in [6.45, 7) is 7.69. The molecule has 0 fully saturated rings. The first kappa shape index (κ1) is 18.1. The zero-order valence-electron chi connectivity index (χ0n) is 14.3. The van der Waals surface area contributed by atoms with Gasteiger partial charge in [-0.2, -0.15) is 0 Å². The molecule has 0 heterocycles. The number of hydrogen-bond donors (Lipinski definition) is 1. The van der Waals surface area contributed by atoms with E-state index in [2.05, 4.69) is 0 Å². The van der Waals surface area contributed by atoms with Crippen molar-refractivity contribution in [1.29, 1.82) is 0 Å². The minimum Gasteiger partial charge on any atom is -0.489 e. The molecular weight excluding hydrogens is 324 g/mol. The second-order valence-corrected chi connectivity index (χ2v) is 6.45. The predicted octanol–water partition coefficient (Wildman–Crippen LogP) is 5.37. The molecule has 0 aliphatic rings. The minimum atomic E-state index is -0.970. The van der Waals surface area contributed by atoms with Gasteiger partial charge in [0.15, 0.2) is 0 Å². The van der Waals surface area contributed by atoms with Crippen LogP contribution in [0.4, 0.5) is 0 Å². The molecule has 0 aliphatic heterocycles. The summed E-state index contributed by atoms with van der Waals surface area (Å²) in [5.41, 5.74) is 3.60. The van der Waals surface area contributed by atoms with Crippen LogP contribution in [0.1, 0.15) is 36.1 Å². The fourth-order valence-electron chi connectivity index (χ4n) is 2.40. The highest BCUT2D eigenvalue weighted by Gasteiger charge is 2.14. The molecule has 2 aromatic carbocycles. The highest BCUT2D eigenvalue weighted by molar-refractivity contribution is 6.32. The van der Waals surface area contributed by atoms with Crippen molar-refractivity contribution < 1.29 is 14.6 Å². The number of rotatable bonds is 5. The first-order valence-corrected chi connectivity index (χ1v) is 8.14. The van der Waals surface area contributed by atoms with Gasteiger partial charge in [0.05, 0.1) is 16.7 Å². The van der Waals surface area contributed by atoms with E-state index in [0.717, 1.165) is 16.7 Å². The van der Waals surface area contributed by atoms with Crippen LogP contribution in [0.25, 0.3) is 11.6 Å². The molecule has 0 aliphatic carbocycles. The van der Waals surface area contributed by atoms with Crippen molar-refractivity contribution in [2.45, 2.75) is 33.8 Å². The molecule has 4 heteroatoms. The highest BCUT2D eigenvalue weighted by Crippen LogP contribution is 2.29. The van der Waals surface area contributed by atoms with Crippen molar-refractivity contribution in [3.63, 3.8) is 0 Å². The van der Waals surface area contributed by atoms with Crippen LogP contribution in [0.3, 0.4) is 0 Å². The van der Waals surface area contributed by atoms with Crippen LogP contribution in [0.2, 0.25) is 5.02 Å². The third-order valence-corrected chi connectivity index (χ3v) is 3.84. The zero-order valence-corrected chi connectivity index (χ0v) is 15.0. The number of aryl methyl sites for hydroxylation is 2. The van der Waals surface area contributed by atoms with E-state index >= 15 is 0 Å². The van der Waals surface area contributed by atoms with Crippen molar-refractivity contribution in [3.05, 3.63) is 63.7 Å². The lowest BCUT2D eigenvalue weighted by molar-refractivity contribution is -0.130. The number of carboxylic acids is 1. The Morgan fingerprint density at radius 1 is 1.17 bits per heavy atom. The molecule has 0 unspecified atom stereocenters. The topological polar surface area (TPSA) is 46.5 Å². The summed E-state index contributed by atoms with van der Waals surface area (Å²) >= 11 is 6.24. The Morgan fingerprint density at radius 3 is 2.46 bits per heavy atom. The Morgan fingerprint density at radius 2 is 1.88 bits per heavy atom. The Kier molecular flexibility index (Phi) is 5.68. The number of hydrogen-bond acceptors (Lipinski definition) is 2. The summed E-state index contributed by atoms with van der Waals surface area (Å²) in [6, 6.07) is 11.1. The van der Waals surface area contributed by atoms with Gasteiger partial charge < -0.3 is 9.84 Å². The molecule has 0 amide bonds. The molecule has 0 radical (unpaired) electrons. The quantitative estimate of drug-likeness (QED) is 0.586. The Hall–Kier alpha value is -2.26. The van der Waals surface area contributed by atoms with E-state index in [1.807, 2.05) is 45.9 Å². The molecule has 0 saturated carbocycles. The number of ether oxygens (including phenoxy) is 1. The summed E-state index contributed by atoms with van der Waals surface area (Å²) in [6.07, 6.45) is 1.66. The lowest BCUT2D eigenvalue weighted by atomic mass is 9.96. The molecule has 2 aromatic rings. The Balaban J connectivity index is 2.47. The number of aliphatic carboxylic acids is 1.